The number of para-hydroxylation sites is 5. The summed E-state index contributed by atoms with van der Waals surface area (Å²) in [6.45, 7) is 0. The average Bonchev–Trinajstić information content (AvgIpc) is 3.99. The maximum absolute atomic E-state index is 6.88. The molecule has 0 N–H and O–H groups in total. The molecular formula is C56H36N4O. The first-order valence-electron chi connectivity index (χ1n) is 20.9. The molecule has 0 spiro atoms. The molecule has 5 heteroatoms. The van der Waals surface area contributed by atoms with Crippen molar-refractivity contribution in [3.05, 3.63) is 211 Å². The van der Waals surface area contributed by atoms with Crippen LogP contribution in [0.1, 0.15) is 17.5 Å². The van der Waals surface area contributed by atoms with Crippen molar-refractivity contribution in [1.29, 1.82) is 0 Å². The average molecular weight is 781 g/mol. The Morgan fingerprint density at radius 2 is 1.25 bits per heavy atom. The van der Waals surface area contributed by atoms with Crippen molar-refractivity contribution >= 4 is 77.2 Å². The summed E-state index contributed by atoms with van der Waals surface area (Å²) in [6.07, 6.45) is 5.76. The van der Waals surface area contributed by atoms with Crippen molar-refractivity contribution in [2.45, 2.75) is 12.5 Å². The molecule has 3 aromatic heterocycles. The lowest BCUT2D eigenvalue weighted by molar-refractivity contribution is 0.671. The minimum Gasteiger partial charge on any atom is -0.454 e. The van der Waals surface area contributed by atoms with E-state index in [0.717, 1.165) is 83.5 Å². The van der Waals surface area contributed by atoms with E-state index in [1.165, 1.54) is 33.6 Å². The van der Waals surface area contributed by atoms with Gasteiger partial charge in [0.1, 0.15) is 11.1 Å². The number of rotatable bonds is 5. The van der Waals surface area contributed by atoms with Crippen molar-refractivity contribution in [2.24, 2.45) is 0 Å². The van der Waals surface area contributed by atoms with Crippen LogP contribution in [0, 0.1) is 0 Å². The molecule has 0 saturated heterocycles. The maximum atomic E-state index is 6.88. The Morgan fingerprint density at radius 1 is 0.541 bits per heavy atom. The quantitative estimate of drug-likeness (QED) is 0.174. The van der Waals surface area contributed by atoms with Crippen LogP contribution in [0.3, 0.4) is 0 Å². The Morgan fingerprint density at radius 3 is 2.13 bits per heavy atom. The third kappa shape index (κ3) is 5.14. The van der Waals surface area contributed by atoms with E-state index in [-0.39, 0.29) is 6.04 Å². The summed E-state index contributed by atoms with van der Waals surface area (Å²) in [5, 5.41) is 5.37. The van der Waals surface area contributed by atoms with Gasteiger partial charge in [-0.1, -0.05) is 146 Å². The summed E-state index contributed by atoms with van der Waals surface area (Å²) in [5.74, 6) is 0.603. The lowest BCUT2D eigenvalue weighted by Crippen LogP contribution is -2.27. The highest BCUT2D eigenvalue weighted by Gasteiger charge is 2.36. The molecule has 0 saturated carbocycles. The lowest BCUT2D eigenvalue weighted by Gasteiger charge is -2.29. The molecule has 4 heterocycles. The first-order valence-corrected chi connectivity index (χ1v) is 20.9. The van der Waals surface area contributed by atoms with Crippen molar-refractivity contribution in [3.63, 3.8) is 0 Å². The second-order valence-electron chi connectivity index (χ2n) is 16.0. The van der Waals surface area contributed by atoms with Crippen LogP contribution < -0.4 is 4.90 Å². The van der Waals surface area contributed by atoms with E-state index >= 15 is 0 Å². The second-order valence-corrected chi connectivity index (χ2v) is 16.0. The predicted octanol–water partition coefficient (Wildman–Crippen LogP) is 14.4. The Hall–Kier alpha value is -8.02. The van der Waals surface area contributed by atoms with Gasteiger partial charge in [-0.3, -0.25) is 4.57 Å². The van der Waals surface area contributed by atoms with E-state index in [1.807, 2.05) is 18.2 Å². The molecule has 13 rings (SSSR count). The lowest BCUT2D eigenvalue weighted by atomic mass is 9.88. The molecule has 1 unspecified atom stereocenters. The fourth-order valence-electron chi connectivity index (χ4n) is 10.0. The van der Waals surface area contributed by atoms with E-state index < -0.39 is 0 Å². The topological polar surface area (TPSA) is 47.1 Å². The van der Waals surface area contributed by atoms with Crippen LogP contribution in [0.5, 0.6) is 0 Å². The van der Waals surface area contributed by atoms with Gasteiger partial charge in [0.15, 0.2) is 5.58 Å². The molecule has 1 atom stereocenters. The van der Waals surface area contributed by atoms with Gasteiger partial charge >= 0.3 is 0 Å². The Kier molecular flexibility index (Phi) is 7.36. The summed E-state index contributed by atoms with van der Waals surface area (Å²) in [5.41, 5.74) is 16.3. The summed E-state index contributed by atoms with van der Waals surface area (Å²) in [7, 11) is 0. The molecule has 0 fully saturated rings. The molecule has 8 aromatic carbocycles. The zero-order valence-electron chi connectivity index (χ0n) is 33.0. The van der Waals surface area contributed by atoms with Gasteiger partial charge in [-0.15, -0.1) is 0 Å². The Bertz CT molecular complexity index is 3630. The number of hydrogen-bond donors (Lipinski definition) is 0. The zero-order chi connectivity index (χ0) is 40.0. The van der Waals surface area contributed by atoms with Crippen molar-refractivity contribution in [1.82, 2.24) is 14.5 Å². The Balaban J connectivity index is 1.04. The van der Waals surface area contributed by atoms with Gasteiger partial charge in [-0.2, -0.15) is 0 Å². The Labute approximate surface area is 351 Å². The number of benzene rings is 8. The highest BCUT2D eigenvalue weighted by atomic mass is 16.3. The van der Waals surface area contributed by atoms with Crippen LogP contribution in [-0.2, 0) is 0 Å². The molecule has 2 aliphatic rings. The van der Waals surface area contributed by atoms with Gasteiger partial charge in [-0.25, -0.2) is 9.97 Å². The third-order valence-corrected chi connectivity index (χ3v) is 12.7. The number of nitrogens with zero attached hydrogens (tertiary/aromatic N) is 4. The molecular weight excluding hydrogens is 745 g/mol. The number of aromatic nitrogens is 3. The smallest absolute Gasteiger partial charge is 0.235 e. The number of allylic oxidation sites excluding steroid dienone is 2. The fourth-order valence-corrected chi connectivity index (χ4v) is 10.0. The van der Waals surface area contributed by atoms with Crippen LogP contribution in [-0.4, -0.2) is 20.6 Å². The monoisotopic (exact) mass is 780 g/mol. The normalized spacial score (nSPS) is 14.8. The highest BCUT2D eigenvalue weighted by molar-refractivity contribution is 6.26. The maximum Gasteiger partial charge on any atom is 0.235 e. The molecule has 11 aromatic rings. The van der Waals surface area contributed by atoms with Crippen LogP contribution in [0.4, 0.5) is 11.4 Å². The molecule has 286 valence electrons. The summed E-state index contributed by atoms with van der Waals surface area (Å²) in [4.78, 5) is 13.2. The number of fused-ring (bicyclic) bond motifs is 11. The van der Waals surface area contributed by atoms with Gasteiger partial charge in [0.2, 0.25) is 5.95 Å². The third-order valence-electron chi connectivity index (χ3n) is 12.7. The predicted molar refractivity (Wildman–Crippen MR) is 251 cm³/mol. The first-order chi connectivity index (χ1) is 30.3. The van der Waals surface area contributed by atoms with E-state index in [1.54, 1.807) is 0 Å². The van der Waals surface area contributed by atoms with Crippen molar-refractivity contribution in [3.8, 4) is 28.3 Å². The van der Waals surface area contributed by atoms with Crippen molar-refractivity contribution in [2.75, 3.05) is 4.90 Å². The molecule has 0 amide bonds. The van der Waals surface area contributed by atoms with Crippen LogP contribution in [0.2, 0.25) is 0 Å². The fraction of sp³-hybridized carbons (Fsp3) is 0.0357. The van der Waals surface area contributed by atoms with Gasteiger partial charge in [0.05, 0.1) is 22.8 Å². The number of furan rings is 1. The minimum atomic E-state index is 0.244. The molecule has 61 heavy (non-hydrogen) atoms. The highest BCUT2D eigenvalue weighted by Crippen LogP contribution is 2.50. The molecule has 0 bridgehead atoms. The second kappa shape index (κ2) is 13.2. The standard InChI is InChI=1S/C56H36N4O/c1-3-16-35(17-4-1)53-42-24-7-11-26-47(42)57-56(58-53)60-49-28-13-9-25-43(49)52-44(34-46-41-23-10-14-29-51(41)61-55(46)54(52)60)38-19-15-18-36(32-38)37-30-31-50-45(33-37)40-22-8-12-27-48(40)59(50)39-20-5-2-6-21-39/h1-30,32-34,50H,31H2. The summed E-state index contributed by atoms with van der Waals surface area (Å²) >= 11 is 0. The molecule has 1 aliphatic heterocycles. The van der Waals surface area contributed by atoms with Gasteiger partial charge in [0.25, 0.3) is 0 Å². The van der Waals surface area contributed by atoms with E-state index in [2.05, 4.69) is 191 Å². The summed E-state index contributed by atoms with van der Waals surface area (Å²) < 4.78 is 9.11. The van der Waals surface area contributed by atoms with Gasteiger partial charge < -0.3 is 9.32 Å². The van der Waals surface area contributed by atoms with Crippen molar-refractivity contribution < 1.29 is 4.42 Å². The van der Waals surface area contributed by atoms with E-state index in [4.69, 9.17) is 14.4 Å². The van der Waals surface area contributed by atoms with E-state index in [0.29, 0.717) is 5.95 Å². The largest absolute Gasteiger partial charge is 0.454 e. The first kappa shape index (κ1) is 33.9. The number of anilines is 2. The van der Waals surface area contributed by atoms with Crippen LogP contribution in [0.25, 0.3) is 94.1 Å². The van der Waals surface area contributed by atoms with Gasteiger partial charge in [0, 0.05) is 49.4 Å². The molecule has 1 aliphatic carbocycles. The molecule has 0 radical (unpaired) electrons. The zero-order valence-corrected chi connectivity index (χ0v) is 33.0. The van der Waals surface area contributed by atoms with E-state index in [9.17, 15) is 0 Å². The van der Waals surface area contributed by atoms with Gasteiger partial charge in [-0.05, 0) is 88.9 Å². The summed E-state index contributed by atoms with van der Waals surface area (Å²) in [6, 6.07) is 67.0. The van der Waals surface area contributed by atoms with Crippen LogP contribution >= 0.6 is 0 Å². The van der Waals surface area contributed by atoms with Crippen LogP contribution in [0.15, 0.2) is 205 Å². The SMILES string of the molecule is C1=C(c2cccc(-c3cc4c5ccccc5oc4c4c3c3ccccc3n4-c3nc(-c4ccccc4)c4ccccc4n3)c2)C=C2c3ccccc3N(c3ccccc3)C2C1. The number of hydrogen-bond acceptors (Lipinski definition) is 4. The molecule has 5 nitrogen and oxygen atoms in total. The minimum absolute atomic E-state index is 0.244.